The number of carbonyl (C=O) groups excluding carboxylic acids is 1. The number of allylic oxidation sites excluding steroid dienone is 2. The van der Waals surface area contributed by atoms with Gasteiger partial charge in [-0.1, -0.05) is 18.9 Å². The monoisotopic (exact) mass is 272 g/mol. The molecule has 4 fully saturated rings. The Morgan fingerprint density at radius 3 is 2.20 bits per heavy atom. The Morgan fingerprint density at radius 2 is 1.50 bits per heavy atom. The summed E-state index contributed by atoms with van der Waals surface area (Å²) >= 11 is 0. The average Bonchev–Trinajstić information content (AvgIpc) is 2.36. The molecule has 4 bridgehead atoms. The molecule has 0 atom stereocenters. The van der Waals surface area contributed by atoms with E-state index in [0.717, 1.165) is 36.5 Å². The predicted octanol–water partition coefficient (Wildman–Crippen LogP) is 4.91. The largest absolute Gasteiger partial charge is 0.294 e. The Morgan fingerprint density at radius 1 is 0.850 bits per heavy atom. The molecule has 0 aliphatic heterocycles. The molecule has 20 heavy (non-hydrogen) atoms. The molecule has 0 radical (unpaired) electrons. The van der Waals surface area contributed by atoms with Gasteiger partial charge < -0.3 is 0 Å². The first-order valence-corrected chi connectivity index (χ1v) is 9.04. The molecule has 5 aliphatic rings. The van der Waals surface area contributed by atoms with Crippen LogP contribution < -0.4 is 0 Å². The topological polar surface area (TPSA) is 17.1 Å². The van der Waals surface area contributed by atoms with Gasteiger partial charge >= 0.3 is 0 Å². The van der Waals surface area contributed by atoms with Crippen LogP contribution in [-0.4, -0.2) is 5.78 Å². The molecule has 4 saturated carbocycles. The molecule has 5 rings (SSSR count). The lowest BCUT2D eigenvalue weighted by Gasteiger charge is -2.54. The van der Waals surface area contributed by atoms with E-state index in [4.69, 9.17) is 0 Å². The average molecular weight is 272 g/mol. The number of ketones is 1. The van der Waals surface area contributed by atoms with Crippen LogP contribution in [0.5, 0.6) is 0 Å². The van der Waals surface area contributed by atoms with Crippen molar-refractivity contribution in [2.24, 2.45) is 29.6 Å². The van der Waals surface area contributed by atoms with Gasteiger partial charge in [0.2, 0.25) is 0 Å². The Hall–Kier alpha value is -0.590. The fourth-order valence-corrected chi connectivity index (χ4v) is 5.98. The van der Waals surface area contributed by atoms with Gasteiger partial charge in [-0.2, -0.15) is 0 Å². The van der Waals surface area contributed by atoms with Crippen LogP contribution in [0.3, 0.4) is 0 Å². The Labute approximate surface area is 123 Å². The Kier molecular flexibility index (Phi) is 3.48. The van der Waals surface area contributed by atoms with Gasteiger partial charge in [-0.15, -0.1) is 0 Å². The SMILES string of the molecule is O=C(C1=CCCCCCC1)C1C2CC3CC(C2)CC1C3. The van der Waals surface area contributed by atoms with E-state index in [1.54, 1.807) is 0 Å². The van der Waals surface area contributed by atoms with Crippen molar-refractivity contribution in [2.75, 3.05) is 0 Å². The van der Waals surface area contributed by atoms with Crippen molar-refractivity contribution in [1.82, 2.24) is 0 Å². The number of hydrogen-bond acceptors (Lipinski definition) is 1. The van der Waals surface area contributed by atoms with Crippen LogP contribution in [0.4, 0.5) is 0 Å². The molecule has 0 spiro atoms. The van der Waals surface area contributed by atoms with Crippen LogP contribution in [0.25, 0.3) is 0 Å². The molecule has 0 heterocycles. The lowest BCUT2D eigenvalue weighted by Crippen LogP contribution is -2.48. The minimum absolute atomic E-state index is 0.425. The van der Waals surface area contributed by atoms with Crippen molar-refractivity contribution in [3.63, 3.8) is 0 Å². The van der Waals surface area contributed by atoms with Gasteiger partial charge in [0.05, 0.1) is 0 Å². The molecule has 1 heteroatoms. The van der Waals surface area contributed by atoms with Crippen LogP contribution in [0.2, 0.25) is 0 Å². The fraction of sp³-hybridized carbons (Fsp3) is 0.842. The van der Waals surface area contributed by atoms with Gasteiger partial charge in [0.15, 0.2) is 5.78 Å². The van der Waals surface area contributed by atoms with E-state index in [0.29, 0.717) is 11.7 Å². The first-order chi connectivity index (χ1) is 9.81. The molecule has 0 unspecified atom stereocenters. The quantitative estimate of drug-likeness (QED) is 0.698. The number of hydrogen-bond donors (Lipinski definition) is 0. The highest BCUT2D eigenvalue weighted by molar-refractivity contribution is 5.97. The second kappa shape index (κ2) is 5.31. The van der Waals surface area contributed by atoms with Crippen molar-refractivity contribution < 1.29 is 4.79 Å². The third-order valence-electron chi connectivity index (χ3n) is 6.64. The number of rotatable bonds is 2. The summed E-state index contributed by atoms with van der Waals surface area (Å²) in [5.41, 5.74) is 1.22. The smallest absolute Gasteiger partial charge is 0.162 e. The standard InChI is InChI=1S/C19H28O/c20-19(15-6-4-2-1-3-5-7-15)18-16-9-13-8-14(11-16)12-17(18)10-13/h6,13-14,16-18H,1-5,7-12H2. The van der Waals surface area contributed by atoms with Gasteiger partial charge in [-0.3, -0.25) is 4.79 Å². The van der Waals surface area contributed by atoms with Crippen molar-refractivity contribution in [3.8, 4) is 0 Å². The van der Waals surface area contributed by atoms with Crippen molar-refractivity contribution in [3.05, 3.63) is 11.6 Å². The maximum atomic E-state index is 13.1. The normalized spacial score (nSPS) is 43.8. The Bertz CT molecular complexity index is 391. The summed E-state index contributed by atoms with van der Waals surface area (Å²) in [5, 5.41) is 0. The summed E-state index contributed by atoms with van der Waals surface area (Å²) in [6.07, 6.45) is 16.7. The predicted molar refractivity (Wildman–Crippen MR) is 81.3 cm³/mol. The van der Waals surface area contributed by atoms with E-state index in [1.165, 1.54) is 63.4 Å². The molecule has 0 aromatic heterocycles. The van der Waals surface area contributed by atoms with Crippen molar-refractivity contribution in [1.29, 1.82) is 0 Å². The summed E-state index contributed by atoms with van der Waals surface area (Å²) < 4.78 is 0. The summed E-state index contributed by atoms with van der Waals surface area (Å²) in [5.74, 6) is 4.48. The van der Waals surface area contributed by atoms with E-state index in [2.05, 4.69) is 6.08 Å². The van der Waals surface area contributed by atoms with Crippen LogP contribution in [-0.2, 0) is 4.79 Å². The molecule has 5 aliphatic carbocycles. The second-order valence-corrected chi connectivity index (χ2v) is 8.00. The molecule has 0 aromatic carbocycles. The van der Waals surface area contributed by atoms with E-state index in [1.807, 2.05) is 0 Å². The zero-order valence-corrected chi connectivity index (χ0v) is 12.7. The van der Waals surface area contributed by atoms with E-state index < -0.39 is 0 Å². The summed E-state index contributed by atoms with van der Waals surface area (Å²) in [4.78, 5) is 13.1. The second-order valence-electron chi connectivity index (χ2n) is 8.00. The fourth-order valence-electron chi connectivity index (χ4n) is 5.98. The molecule has 0 saturated heterocycles. The number of Topliss-reactive ketones (excluding diaryl/α,β-unsaturated/α-hetero) is 1. The molecule has 0 N–H and O–H groups in total. The minimum atomic E-state index is 0.425. The third kappa shape index (κ3) is 2.27. The van der Waals surface area contributed by atoms with Crippen LogP contribution in [0.15, 0.2) is 11.6 Å². The molecule has 1 nitrogen and oxygen atoms in total. The van der Waals surface area contributed by atoms with Gasteiger partial charge in [0, 0.05) is 5.92 Å². The van der Waals surface area contributed by atoms with E-state index >= 15 is 0 Å². The zero-order chi connectivity index (χ0) is 13.5. The highest BCUT2D eigenvalue weighted by Gasteiger charge is 2.50. The first kappa shape index (κ1) is 13.1. The molecule has 0 amide bonds. The highest BCUT2D eigenvalue weighted by atomic mass is 16.1. The molecule has 0 aromatic rings. The lowest BCUT2D eigenvalue weighted by atomic mass is 9.50. The van der Waals surface area contributed by atoms with E-state index in [-0.39, 0.29) is 0 Å². The maximum Gasteiger partial charge on any atom is 0.162 e. The van der Waals surface area contributed by atoms with Crippen LogP contribution >= 0.6 is 0 Å². The minimum Gasteiger partial charge on any atom is -0.294 e. The van der Waals surface area contributed by atoms with Gasteiger partial charge in [0.25, 0.3) is 0 Å². The van der Waals surface area contributed by atoms with Crippen molar-refractivity contribution >= 4 is 5.78 Å². The summed E-state index contributed by atoms with van der Waals surface area (Å²) in [6.45, 7) is 0. The van der Waals surface area contributed by atoms with Gasteiger partial charge in [-0.05, 0) is 87.0 Å². The van der Waals surface area contributed by atoms with Crippen LogP contribution in [0, 0.1) is 29.6 Å². The lowest BCUT2D eigenvalue weighted by molar-refractivity contribution is -0.132. The van der Waals surface area contributed by atoms with Crippen molar-refractivity contribution in [2.45, 2.75) is 70.6 Å². The van der Waals surface area contributed by atoms with E-state index in [9.17, 15) is 4.79 Å². The molecular weight excluding hydrogens is 244 g/mol. The maximum absolute atomic E-state index is 13.1. The highest BCUT2D eigenvalue weighted by Crippen LogP contribution is 2.57. The molecule has 110 valence electrons. The Balaban J connectivity index is 1.53. The summed E-state index contributed by atoms with van der Waals surface area (Å²) in [7, 11) is 0. The number of carbonyl (C=O) groups is 1. The first-order valence-electron chi connectivity index (χ1n) is 9.04. The summed E-state index contributed by atoms with van der Waals surface area (Å²) in [6, 6.07) is 0. The molecular formula is C19H28O. The van der Waals surface area contributed by atoms with Gasteiger partial charge in [0.1, 0.15) is 0 Å². The van der Waals surface area contributed by atoms with Gasteiger partial charge in [-0.25, -0.2) is 0 Å². The zero-order valence-electron chi connectivity index (χ0n) is 12.7. The third-order valence-corrected chi connectivity index (χ3v) is 6.64. The van der Waals surface area contributed by atoms with Crippen LogP contribution in [0.1, 0.15) is 70.6 Å².